The van der Waals surface area contributed by atoms with Crippen LogP contribution in [0.25, 0.3) is 28.7 Å². The highest BCUT2D eigenvalue weighted by Gasteiger charge is 2.15. The molecular formula is C21H17N3O2S. The van der Waals surface area contributed by atoms with Gasteiger partial charge in [0.1, 0.15) is 11.6 Å². The molecule has 0 radical (unpaired) electrons. The third-order valence-electron chi connectivity index (χ3n) is 4.41. The van der Waals surface area contributed by atoms with Crippen LogP contribution < -0.4 is 5.56 Å². The van der Waals surface area contributed by atoms with E-state index in [2.05, 4.69) is 4.98 Å². The monoisotopic (exact) mass is 375 g/mol. The minimum absolute atomic E-state index is 0.119. The summed E-state index contributed by atoms with van der Waals surface area (Å²) in [4.78, 5) is 23.2. The van der Waals surface area contributed by atoms with Crippen molar-refractivity contribution in [3.05, 3.63) is 80.3 Å². The fraction of sp³-hybridized carbons (Fsp3) is 0.0952. The Hall–Kier alpha value is -3.25. The summed E-state index contributed by atoms with van der Waals surface area (Å²) in [6.45, 7) is 3.79. The molecule has 1 N–H and O–H groups in total. The van der Waals surface area contributed by atoms with Gasteiger partial charge in [-0.25, -0.2) is 4.98 Å². The van der Waals surface area contributed by atoms with Gasteiger partial charge in [0, 0.05) is 22.0 Å². The Morgan fingerprint density at radius 3 is 2.70 bits per heavy atom. The molecule has 4 aromatic rings. The molecule has 134 valence electrons. The molecule has 0 fully saturated rings. The second-order valence-corrected chi connectivity index (χ2v) is 7.25. The van der Waals surface area contributed by atoms with Gasteiger partial charge in [-0.1, -0.05) is 18.2 Å². The first-order valence-corrected chi connectivity index (χ1v) is 9.33. The molecule has 0 unspecified atom stereocenters. The van der Waals surface area contributed by atoms with Gasteiger partial charge in [-0.05, 0) is 44.2 Å². The molecular weight excluding hydrogens is 358 g/mol. The van der Waals surface area contributed by atoms with E-state index in [0.29, 0.717) is 28.0 Å². The van der Waals surface area contributed by atoms with E-state index in [0.717, 1.165) is 10.6 Å². The third kappa shape index (κ3) is 3.04. The summed E-state index contributed by atoms with van der Waals surface area (Å²) in [5, 5.41) is 12.5. The van der Waals surface area contributed by atoms with Gasteiger partial charge in [0.15, 0.2) is 0 Å². The summed E-state index contributed by atoms with van der Waals surface area (Å²) in [7, 11) is 0. The lowest BCUT2D eigenvalue weighted by molar-refractivity contribution is 0.474. The fourth-order valence-corrected chi connectivity index (χ4v) is 3.79. The van der Waals surface area contributed by atoms with Crippen molar-refractivity contribution in [2.24, 2.45) is 0 Å². The maximum Gasteiger partial charge on any atom is 0.267 e. The Kier molecular flexibility index (Phi) is 4.33. The van der Waals surface area contributed by atoms with Crippen molar-refractivity contribution in [1.82, 2.24) is 14.5 Å². The van der Waals surface area contributed by atoms with Crippen LogP contribution in [0, 0.1) is 13.8 Å². The second-order valence-electron chi connectivity index (χ2n) is 6.16. The van der Waals surface area contributed by atoms with Crippen molar-refractivity contribution in [3.63, 3.8) is 0 Å². The van der Waals surface area contributed by atoms with E-state index in [-0.39, 0.29) is 11.3 Å². The van der Waals surface area contributed by atoms with Gasteiger partial charge in [-0.3, -0.25) is 14.3 Å². The number of benzene rings is 1. The lowest BCUT2D eigenvalue weighted by Gasteiger charge is -2.12. The number of aromatic hydroxyl groups is 1. The molecule has 0 aliphatic carbocycles. The Morgan fingerprint density at radius 2 is 1.93 bits per heavy atom. The molecule has 0 saturated carbocycles. The van der Waals surface area contributed by atoms with E-state index < -0.39 is 0 Å². The van der Waals surface area contributed by atoms with E-state index >= 15 is 0 Å². The first kappa shape index (κ1) is 17.2. The Labute approximate surface area is 159 Å². The molecule has 4 rings (SSSR count). The van der Waals surface area contributed by atoms with E-state index in [9.17, 15) is 9.90 Å². The molecule has 0 aliphatic rings. The molecule has 0 bridgehead atoms. The number of aryl methyl sites for hydroxylation is 2. The number of aromatic nitrogens is 3. The highest BCUT2D eigenvalue weighted by Crippen LogP contribution is 2.24. The zero-order chi connectivity index (χ0) is 19.0. The summed E-state index contributed by atoms with van der Waals surface area (Å²) in [6.07, 6.45) is 5.20. The van der Waals surface area contributed by atoms with Crippen molar-refractivity contribution in [3.8, 4) is 11.4 Å². The van der Waals surface area contributed by atoms with Gasteiger partial charge in [0.2, 0.25) is 0 Å². The molecule has 3 aromatic heterocycles. The molecule has 0 aliphatic heterocycles. The maximum absolute atomic E-state index is 13.3. The van der Waals surface area contributed by atoms with Crippen LogP contribution in [0.1, 0.15) is 22.0 Å². The highest BCUT2D eigenvalue weighted by atomic mass is 32.1. The number of fused-ring (bicyclic) bond motifs is 1. The molecule has 5 nitrogen and oxygen atoms in total. The normalized spacial score (nSPS) is 11.5. The zero-order valence-corrected chi connectivity index (χ0v) is 15.7. The summed E-state index contributed by atoms with van der Waals surface area (Å²) in [5.41, 5.74) is 2.65. The number of hydrogen-bond acceptors (Lipinski definition) is 5. The Balaban J connectivity index is 1.99. The van der Waals surface area contributed by atoms with Gasteiger partial charge >= 0.3 is 0 Å². The van der Waals surface area contributed by atoms with E-state index in [4.69, 9.17) is 4.98 Å². The lowest BCUT2D eigenvalue weighted by atomic mass is 10.2. The molecule has 6 heteroatoms. The third-order valence-corrected chi connectivity index (χ3v) is 5.30. The second kappa shape index (κ2) is 6.81. The summed E-state index contributed by atoms with van der Waals surface area (Å²) in [5.74, 6) is 0.664. The minimum Gasteiger partial charge on any atom is -0.507 e. The first-order chi connectivity index (χ1) is 13.1. The molecule has 27 heavy (non-hydrogen) atoms. The number of phenols is 1. The number of rotatable bonds is 3. The topological polar surface area (TPSA) is 68.0 Å². The molecule has 3 heterocycles. The number of pyridine rings is 1. The lowest BCUT2D eigenvalue weighted by Crippen LogP contribution is -2.23. The van der Waals surface area contributed by atoms with Crippen molar-refractivity contribution in [2.45, 2.75) is 13.8 Å². The first-order valence-electron chi connectivity index (χ1n) is 8.45. The molecule has 0 atom stereocenters. The van der Waals surface area contributed by atoms with Gasteiger partial charge < -0.3 is 5.11 Å². The van der Waals surface area contributed by atoms with Crippen molar-refractivity contribution < 1.29 is 5.11 Å². The van der Waals surface area contributed by atoms with Crippen LogP contribution in [0.15, 0.2) is 52.8 Å². The predicted molar refractivity (Wildman–Crippen MR) is 110 cm³/mol. The quantitative estimate of drug-likeness (QED) is 0.578. The average molecular weight is 375 g/mol. The standard InChI is InChI=1S/C21H17N3O2S/c1-13-17(7-5-11-22-13)24-19(10-9-15-6-3-4-8-18(15)25)23-16-12-27-14(2)20(16)21(24)26/h3-12,25H,1-2H3. The number of thiophene rings is 1. The van der Waals surface area contributed by atoms with Crippen LogP contribution in [0.2, 0.25) is 0 Å². The summed E-state index contributed by atoms with van der Waals surface area (Å²) in [6, 6.07) is 10.7. The molecule has 0 spiro atoms. The van der Waals surface area contributed by atoms with Gasteiger partial charge in [-0.15, -0.1) is 11.3 Å². The highest BCUT2D eigenvalue weighted by molar-refractivity contribution is 7.11. The summed E-state index contributed by atoms with van der Waals surface area (Å²) >= 11 is 1.51. The van der Waals surface area contributed by atoms with Crippen LogP contribution >= 0.6 is 11.3 Å². The van der Waals surface area contributed by atoms with E-state index in [1.807, 2.05) is 31.4 Å². The van der Waals surface area contributed by atoms with Crippen LogP contribution in [0.5, 0.6) is 5.75 Å². The van der Waals surface area contributed by atoms with Crippen LogP contribution in [-0.4, -0.2) is 19.6 Å². The number of nitrogens with zero attached hydrogens (tertiary/aromatic N) is 3. The maximum atomic E-state index is 13.3. The Morgan fingerprint density at radius 1 is 1.11 bits per heavy atom. The van der Waals surface area contributed by atoms with Crippen LogP contribution in [-0.2, 0) is 0 Å². The predicted octanol–water partition coefficient (Wildman–Crippen LogP) is 4.34. The summed E-state index contributed by atoms with van der Waals surface area (Å²) < 4.78 is 1.58. The molecule has 0 amide bonds. The zero-order valence-electron chi connectivity index (χ0n) is 14.9. The van der Waals surface area contributed by atoms with Gasteiger partial charge in [-0.2, -0.15) is 0 Å². The fourth-order valence-electron chi connectivity index (χ4n) is 3.02. The minimum atomic E-state index is -0.119. The SMILES string of the molecule is Cc1ncccc1-n1c(C=Cc2ccccc2O)nc2csc(C)c2c1=O. The number of phenolic OH excluding ortho intramolecular Hbond substituents is 1. The molecule has 0 saturated heterocycles. The number of hydrogen-bond donors (Lipinski definition) is 1. The van der Waals surface area contributed by atoms with Gasteiger partial charge in [0.25, 0.3) is 5.56 Å². The molecule has 1 aromatic carbocycles. The van der Waals surface area contributed by atoms with E-state index in [1.165, 1.54) is 11.3 Å². The van der Waals surface area contributed by atoms with Gasteiger partial charge in [0.05, 0.1) is 22.3 Å². The largest absolute Gasteiger partial charge is 0.507 e. The Bertz CT molecular complexity index is 1240. The van der Waals surface area contributed by atoms with Crippen molar-refractivity contribution in [2.75, 3.05) is 0 Å². The van der Waals surface area contributed by atoms with Crippen molar-refractivity contribution in [1.29, 1.82) is 0 Å². The average Bonchev–Trinajstić information content (AvgIpc) is 3.03. The number of para-hydroxylation sites is 1. The van der Waals surface area contributed by atoms with Crippen molar-refractivity contribution >= 4 is 34.4 Å². The van der Waals surface area contributed by atoms with Crippen LogP contribution in [0.4, 0.5) is 0 Å². The smallest absolute Gasteiger partial charge is 0.267 e. The van der Waals surface area contributed by atoms with Crippen LogP contribution in [0.3, 0.4) is 0 Å². The van der Waals surface area contributed by atoms with E-state index in [1.54, 1.807) is 47.2 Å².